The first-order chi connectivity index (χ1) is 8.15. The van der Waals surface area contributed by atoms with E-state index in [4.69, 9.17) is 4.74 Å². The van der Waals surface area contributed by atoms with Crippen LogP contribution in [0.2, 0.25) is 0 Å². The number of aromatic nitrogens is 3. The van der Waals surface area contributed by atoms with Gasteiger partial charge in [0.1, 0.15) is 0 Å². The van der Waals surface area contributed by atoms with Crippen molar-refractivity contribution in [3.63, 3.8) is 0 Å². The minimum atomic E-state index is -0.702. The molecule has 6 heteroatoms. The van der Waals surface area contributed by atoms with Crippen LogP contribution in [0.15, 0.2) is 23.3 Å². The summed E-state index contributed by atoms with van der Waals surface area (Å²) in [4.78, 5) is 31.3. The summed E-state index contributed by atoms with van der Waals surface area (Å²) in [5, 5.41) is 0. The normalized spacial score (nSPS) is 10.5. The number of hydrogen-bond acceptors (Lipinski definition) is 5. The summed E-state index contributed by atoms with van der Waals surface area (Å²) in [6.07, 6.45) is 3.08. The third kappa shape index (κ3) is 1.89. The summed E-state index contributed by atoms with van der Waals surface area (Å²) in [5.74, 6) is -0.702. The Morgan fingerprint density at radius 2 is 2.29 bits per heavy atom. The van der Waals surface area contributed by atoms with Crippen LogP contribution in [0.5, 0.6) is 0 Å². The van der Waals surface area contributed by atoms with Crippen LogP contribution in [0.1, 0.15) is 17.4 Å². The van der Waals surface area contributed by atoms with Crippen LogP contribution in [0, 0.1) is 0 Å². The Labute approximate surface area is 96.9 Å². The molecular formula is C11H11N3O3. The van der Waals surface area contributed by atoms with Gasteiger partial charge in [-0.2, -0.15) is 0 Å². The van der Waals surface area contributed by atoms with Gasteiger partial charge in [0.25, 0.3) is 5.56 Å². The van der Waals surface area contributed by atoms with Gasteiger partial charge in [-0.15, -0.1) is 0 Å². The lowest BCUT2D eigenvalue weighted by Crippen LogP contribution is -2.27. The highest BCUT2D eigenvalue weighted by molar-refractivity contribution is 5.89. The average molecular weight is 233 g/mol. The molecule has 17 heavy (non-hydrogen) atoms. The van der Waals surface area contributed by atoms with Gasteiger partial charge in [-0.25, -0.2) is 9.78 Å². The van der Waals surface area contributed by atoms with E-state index in [0.717, 1.165) is 0 Å². The Morgan fingerprint density at radius 1 is 1.53 bits per heavy atom. The van der Waals surface area contributed by atoms with Crippen LogP contribution >= 0.6 is 0 Å². The topological polar surface area (TPSA) is 74.1 Å². The highest BCUT2D eigenvalue weighted by Gasteiger charge is 2.16. The number of nitrogens with zero attached hydrogens (tertiary/aromatic N) is 3. The Hall–Kier alpha value is -2.24. The Kier molecular flexibility index (Phi) is 2.86. The highest BCUT2D eigenvalue weighted by Crippen LogP contribution is 2.07. The second kappa shape index (κ2) is 4.32. The Morgan fingerprint density at radius 3 is 3.00 bits per heavy atom. The van der Waals surface area contributed by atoms with E-state index in [1.54, 1.807) is 26.2 Å². The molecule has 2 aromatic heterocycles. The van der Waals surface area contributed by atoms with Crippen LogP contribution in [0.3, 0.4) is 0 Å². The van der Waals surface area contributed by atoms with Gasteiger partial charge >= 0.3 is 5.97 Å². The van der Waals surface area contributed by atoms with Crippen molar-refractivity contribution in [1.82, 2.24) is 14.5 Å². The van der Waals surface area contributed by atoms with E-state index >= 15 is 0 Å². The monoisotopic (exact) mass is 233 g/mol. The molecule has 0 radical (unpaired) electrons. The SMILES string of the molecule is CCOC(=O)c1nc2ccncc2n(C)c1=O. The fraction of sp³-hybridized carbons (Fsp3) is 0.273. The molecule has 0 aromatic carbocycles. The lowest BCUT2D eigenvalue weighted by molar-refractivity contribution is 0.0517. The molecular weight excluding hydrogens is 222 g/mol. The summed E-state index contributed by atoms with van der Waals surface area (Å²) in [6.45, 7) is 1.88. The first-order valence-electron chi connectivity index (χ1n) is 5.13. The number of aryl methyl sites for hydroxylation is 1. The number of fused-ring (bicyclic) bond motifs is 1. The smallest absolute Gasteiger partial charge is 0.362 e. The molecule has 2 rings (SSSR count). The zero-order valence-electron chi connectivity index (χ0n) is 9.51. The van der Waals surface area contributed by atoms with Crippen molar-refractivity contribution in [2.75, 3.05) is 6.61 Å². The quantitative estimate of drug-likeness (QED) is 0.706. The lowest BCUT2D eigenvalue weighted by atomic mass is 10.3. The predicted molar refractivity (Wildman–Crippen MR) is 60.7 cm³/mol. The third-order valence-corrected chi connectivity index (χ3v) is 2.35. The van der Waals surface area contributed by atoms with Crippen molar-refractivity contribution in [3.05, 3.63) is 34.5 Å². The minimum Gasteiger partial charge on any atom is -0.461 e. The fourth-order valence-electron chi connectivity index (χ4n) is 1.50. The Balaban J connectivity index is 2.70. The number of ether oxygens (including phenoxy) is 1. The molecule has 0 amide bonds. The van der Waals surface area contributed by atoms with Gasteiger partial charge in [0.15, 0.2) is 0 Å². The van der Waals surface area contributed by atoms with Crippen LogP contribution in [-0.4, -0.2) is 27.1 Å². The summed E-state index contributed by atoms with van der Waals surface area (Å²) in [5.41, 5.74) is 0.424. The van der Waals surface area contributed by atoms with Gasteiger partial charge in [-0.05, 0) is 13.0 Å². The van der Waals surface area contributed by atoms with Crippen molar-refractivity contribution < 1.29 is 9.53 Å². The molecule has 2 heterocycles. The van der Waals surface area contributed by atoms with E-state index < -0.39 is 11.5 Å². The first-order valence-corrected chi connectivity index (χ1v) is 5.13. The van der Waals surface area contributed by atoms with Crippen LogP contribution in [-0.2, 0) is 11.8 Å². The summed E-state index contributed by atoms with van der Waals surface area (Å²) in [6, 6.07) is 1.64. The molecule has 0 aliphatic carbocycles. The molecule has 88 valence electrons. The maximum absolute atomic E-state index is 11.9. The van der Waals surface area contributed by atoms with Crippen molar-refractivity contribution in [2.45, 2.75) is 6.92 Å². The largest absolute Gasteiger partial charge is 0.461 e. The number of esters is 1. The number of carbonyl (C=O) groups is 1. The number of pyridine rings is 1. The van der Waals surface area contributed by atoms with Crippen LogP contribution in [0.4, 0.5) is 0 Å². The number of rotatable bonds is 2. The minimum absolute atomic E-state index is 0.201. The highest BCUT2D eigenvalue weighted by atomic mass is 16.5. The van der Waals surface area contributed by atoms with Crippen LogP contribution < -0.4 is 5.56 Å². The maximum atomic E-state index is 11.9. The molecule has 6 nitrogen and oxygen atoms in total. The van der Waals surface area contributed by atoms with Gasteiger partial charge in [0.05, 0.1) is 23.8 Å². The molecule has 0 bridgehead atoms. The molecule has 0 saturated heterocycles. The molecule has 0 N–H and O–H groups in total. The average Bonchev–Trinajstić information content (AvgIpc) is 2.34. The molecule has 0 aliphatic rings. The predicted octanol–water partition coefficient (Wildman–Crippen LogP) is 0.505. The third-order valence-electron chi connectivity index (χ3n) is 2.35. The first kappa shape index (κ1) is 11.3. The van der Waals surface area contributed by atoms with Crippen molar-refractivity contribution in [2.24, 2.45) is 7.05 Å². The van der Waals surface area contributed by atoms with Crippen molar-refractivity contribution >= 4 is 17.0 Å². The van der Waals surface area contributed by atoms with Crippen molar-refractivity contribution in [1.29, 1.82) is 0 Å². The van der Waals surface area contributed by atoms with E-state index in [-0.39, 0.29) is 12.3 Å². The zero-order valence-corrected chi connectivity index (χ0v) is 9.51. The zero-order chi connectivity index (χ0) is 12.4. The molecule has 0 saturated carbocycles. The van der Waals surface area contributed by atoms with E-state index in [9.17, 15) is 9.59 Å². The maximum Gasteiger partial charge on any atom is 0.362 e. The fourth-order valence-corrected chi connectivity index (χ4v) is 1.50. The summed E-state index contributed by atoms with van der Waals surface area (Å²) in [7, 11) is 1.57. The Bertz CT molecular complexity index is 633. The molecule has 0 atom stereocenters. The van der Waals surface area contributed by atoms with Crippen LogP contribution in [0.25, 0.3) is 11.0 Å². The van der Waals surface area contributed by atoms with E-state index in [1.165, 1.54) is 10.8 Å². The second-order valence-electron chi connectivity index (χ2n) is 3.41. The molecule has 0 spiro atoms. The summed E-state index contributed by atoms with van der Waals surface area (Å²) >= 11 is 0. The summed E-state index contributed by atoms with van der Waals surface area (Å²) < 4.78 is 6.12. The van der Waals surface area contributed by atoms with E-state index in [2.05, 4.69) is 9.97 Å². The molecule has 0 fully saturated rings. The van der Waals surface area contributed by atoms with Gasteiger partial charge in [0.2, 0.25) is 5.69 Å². The van der Waals surface area contributed by atoms with Gasteiger partial charge in [0, 0.05) is 13.2 Å². The molecule has 2 aromatic rings. The number of hydrogen-bond donors (Lipinski definition) is 0. The van der Waals surface area contributed by atoms with Crippen molar-refractivity contribution in [3.8, 4) is 0 Å². The van der Waals surface area contributed by atoms with E-state index in [1.807, 2.05) is 0 Å². The van der Waals surface area contributed by atoms with Gasteiger partial charge in [-0.1, -0.05) is 0 Å². The van der Waals surface area contributed by atoms with Gasteiger partial charge in [-0.3, -0.25) is 9.78 Å². The number of carbonyl (C=O) groups excluding carboxylic acids is 1. The standard InChI is InChI=1S/C11H11N3O3/c1-3-17-11(16)9-10(15)14(2)8-6-12-5-4-7(8)13-9/h4-6H,3H2,1-2H3. The molecule has 0 unspecified atom stereocenters. The lowest BCUT2D eigenvalue weighted by Gasteiger charge is -2.06. The molecule has 0 aliphatic heterocycles. The second-order valence-corrected chi connectivity index (χ2v) is 3.41. The van der Waals surface area contributed by atoms with Gasteiger partial charge < -0.3 is 9.30 Å². The van der Waals surface area contributed by atoms with E-state index in [0.29, 0.717) is 11.0 Å².